The summed E-state index contributed by atoms with van der Waals surface area (Å²) >= 11 is 0. The number of nitrogens with zero attached hydrogens (tertiary/aromatic N) is 6. The summed E-state index contributed by atoms with van der Waals surface area (Å²) in [6.07, 6.45) is -0.709. The lowest BCUT2D eigenvalue weighted by Crippen LogP contribution is -2.52. The average molecular weight is 991 g/mol. The summed E-state index contributed by atoms with van der Waals surface area (Å²) in [5, 5.41) is 27.2. The van der Waals surface area contributed by atoms with E-state index in [0.717, 1.165) is 30.3 Å². The van der Waals surface area contributed by atoms with Crippen LogP contribution < -0.4 is 25.7 Å². The number of halogens is 2. The molecule has 0 unspecified atom stereocenters. The van der Waals surface area contributed by atoms with Gasteiger partial charge in [0.25, 0.3) is 11.8 Å². The molecule has 2 aromatic heterocycles. The molecule has 6 rings (SSSR count). The van der Waals surface area contributed by atoms with E-state index in [9.17, 15) is 56.8 Å². The van der Waals surface area contributed by atoms with Crippen LogP contribution in [0, 0.1) is 11.6 Å². The van der Waals surface area contributed by atoms with Crippen molar-refractivity contribution in [1.82, 2.24) is 30.0 Å². The third-order valence-corrected chi connectivity index (χ3v) is 11.9. The highest BCUT2D eigenvalue weighted by atomic mass is 31.2. The van der Waals surface area contributed by atoms with Crippen molar-refractivity contribution in [3.63, 3.8) is 0 Å². The van der Waals surface area contributed by atoms with Crippen molar-refractivity contribution in [3.8, 4) is 5.75 Å². The summed E-state index contributed by atoms with van der Waals surface area (Å²) < 4.78 is 55.5. The van der Waals surface area contributed by atoms with E-state index >= 15 is 0 Å². The summed E-state index contributed by atoms with van der Waals surface area (Å²) in [7, 11) is -4.08. The summed E-state index contributed by atoms with van der Waals surface area (Å²) in [6.45, 7) is -0.0793. The van der Waals surface area contributed by atoms with E-state index in [1.54, 1.807) is 13.8 Å². The second-order valence-electron chi connectivity index (χ2n) is 16.2. The van der Waals surface area contributed by atoms with E-state index < -0.39 is 147 Å². The minimum Gasteiger partial charge on any atom is -0.481 e. The van der Waals surface area contributed by atoms with Gasteiger partial charge in [0, 0.05) is 68.6 Å². The Morgan fingerprint density at radius 2 is 1.83 bits per heavy atom. The second-order valence-corrected chi connectivity index (χ2v) is 17.4. The first-order valence-corrected chi connectivity index (χ1v) is 22.3. The van der Waals surface area contributed by atoms with E-state index in [0.29, 0.717) is 29.5 Å². The van der Waals surface area contributed by atoms with Crippen LogP contribution in [0.15, 0.2) is 52.7 Å². The van der Waals surface area contributed by atoms with Crippen LogP contribution in [0.4, 0.5) is 24.2 Å². The number of rotatable bonds is 17. The van der Waals surface area contributed by atoms with Crippen LogP contribution in [0.25, 0.3) is 0 Å². The number of carbonyl (C=O) groups excluding carboxylic acids is 5. The van der Waals surface area contributed by atoms with Crippen molar-refractivity contribution in [3.05, 3.63) is 87.0 Å². The molecule has 0 radical (unpaired) electrons. The van der Waals surface area contributed by atoms with Crippen LogP contribution in [0.1, 0.15) is 84.0 Å². The van der Waals surface area contributed by atoms with Gasteiger partial charge in [-0.1, -0.05) is 17.3 Å². The number of fused-ring (bicyclic) bond motifs is 5. The number of hydrogen-bond donors (Lipinski definition) is 6. The number of aliphatic carboxylic acids is 2. The highest BCUT2D eigenvalue weighted by molar-refractivity contribution is 7.46. The number of oxime groups is 1. The molecule has 6 N–H and O–H groups in total. The van der Waals surface area contributed by atoms with Crippen LogP contribution in [-0.4, -0.2) is 132 Å². The molecule has 3 aliphatic heterocycles. The minimum atomic E-state index is -5.18. The fourth-order valence-corrected chi connectivity index (χ4v) is 8.16. The number of phosphoric ester groups is 1. The predicted octanol–water partition coefficient (Wildman–Crippen LogP) is 2.24. The number of ether oxygens (including phenoxy) is 2. The first-order chi connectivity index (χ1) is 32.5. The van der Waals surface area contributed by atoms with Crippen LogP contribution in [0.3, 0.4) is 0 Å². The van der Waals surface area contributed by atoms with Gasteiger partial charge in [0.2, 0.25) is 23.9 Å². The highest BCUT2D eigenvalue weighted by Gasteiger charge is 2.54. The number of carboxylic acid groups (broad SMARTS) is 2. The van der Waals surface area contributed by atoms with Gasteiger partial charge < -0.3 is 54.4 Å². The van der Waals surface area contributed by atoms with Crippen molar-refractivity contribution >= 4 is 61.2 Å². The Bertz CT molecular complexity index is 2720. The van der Waals surface area contributed by atoms with Gasteiger partial charge in [-0.2, -0.15) is 0 Å². The van der Waals surface area contributed by atoms with E-state index in [2.05, 4.69) is 25.3 Å². The molecule has 370 valence electrons. The normalized spacial score (nSPS) is 18.7. The van der Waals surface area contributed by atoms with Crippen molar-refractivity contribution < 1.29 is 85.7 Å². The van der Waals surface area contributed by atoms with Gasteiger partial charge in [0.1, 0.15) is 35.6 Å². The number of hydrogen-bond acceptors (Lipinski definition) is 15. The number of aromatic nitrogens is 2. The Morgan fingerprint density at radius 3 is 2.48 bits per heavy atom. The van der Waals surface area contributed by atoms with Crippen molar-refractivity contribution in [2.24, 2.45) is 5.16 Å². The Hall–Kier alpha value is -7.35. The standard InChI is InChI=1S/C41H45F2N8O17P/c1-21-14-41(68-47-21)11-10-22(2)50-18-29(41)51-17-26(36(56)45-15-23-6-7-25(42)13-27(23)43)33(55)34(32(51)37(50)57)67-39(60)48(3)35-24(5-4-12-44-35)16-49(40(61)65-20-66-69(62,63)64)19-30(52)46-28(38(58)59)8-9-31(53)54/h4-7,12-13,17,22,28-29H,8-11,14-16,18-20H2,1-3H3,(H,45,56)(H,46,52)(H,53,54)(H,58,59)(H2,62,63,64)/t22-,28-,29+,41-/m0/s1. The predicted molar refractivity (Wildman–Crippen MR) is 229 cm³/mol. The Labute approximate surface area is 388 Å². The molecule has 2 bridgehead atoms. The van der Waals surface area contributed by atoms with Gasteiger partial charge in [0.05, 0.1) is 18.3 Å². The molecule has 1 spiro atoms. The lowest BCUT2D eigenvalue weighted by Gasteiger charge is -2.42. The monoisotopic (exact) mass is 990 g/mol. The molecule has 25 nitrogen and oxygen atoms in total. The molecule has 1 saturated heterocycles. The number of carbonyl (C=O) groups is 7. The minimum absolute atomic E-state index is 0.0206. The molecule has 28 heteroatoms. The Morgan fingerprint density at radius 1 is 1.09 bits per heavy atom. The molecule has 0 aliphatic carbocycles. The van der Waals surface area contributed by atoms with Crippen molar-refractivity contribution in [2.45, 2.75) is 82.8 Å². The number of phosphoric acid groups is 1. The zero-order chi connectivity index (χ0) is 50.5. The first kappa shape index (κ1) is 51.0. The molecular weight excluding hydrogens is 945 g/mol. The number of nitrogens with one attached hydrogen (secondary N) is 2. The average Bonchev–Trinajstić information content (AvgIpc) is 3.61. The molecular formula is C41H45F2N8O17P. The number of benzene rings is 1. The molecule has 1 fully saturated rings. The van der Waals surface area contributed by atoms with Gasteiger partial charge in [0.15, 0.2) is 11.3 Å². The van der Waals surface area contributed by atoms with E-state index in [4.69, 9.17) is 29.2 Å². The molecule has 3 aromatic rings. The maximum atomic E-state index is 14.6. The molecule has 5 amide bonds. The van der Waals surface area contributed by atoms with Crippen LogP contribution in [0.2, 0.25) is 0 Å². The van der Waals surface area contributed by atoms with E-state index in [1.807, 2.05) is 0 Å². The second kappa shape index (κ2) is 20.9. The molecule has 1 aromatic carbocycles. The molecule has 0 saturated carbocycles. The lowest BCUT2D eigenvalue weighted by atomic mass is 9.84. The molecule has 4 atom stereocenters. The maximum Gasteiger partial charge on any atom is 0.472 e. The third-order valence-electron chi connectivity index (χ3n) is 11.4. The SMILES string of the molecule is CC1=NO[C@@]2(CC[C@H](C)N3C[C@H]2n2cc(C(=O)NCc4ccc(F)cc4F)c(=O)c(OC(=O)N(C)c4ncccc4CN(CC(=O)N[C@@H](CCC(=O)O)C(=O)O)C(=O)OCOP(=O)(O)O)c2C3=O)C1. The number of pyridine rings is 2. The van der Waals surface area contributed by atoms with Gasteiger partial charge >= 0.3 is 31.9 Å². The fourth-order valence-electron chi connectivity index (χ4n) is 7.97. The number of amides is 5. The maximum absolute atomic E-state index is 14.6. The highest BCUT2D eigenvalue weighted by Crippen LogP contribution is 2.46. The van der Waals surface area contributed by atoms with Gasteiger partial charge in [-0.05, 0) is 45.2 Å². The first-order valence-electron chi connectivity index (χ1n) is 20.8. The van der Waals surface area contributed by atoms with Crippen molar-refractivity contribution in [2.75, 3.05) is 31.8 Å². The Balaban J connectivity index is 1.36. The van der Waals surface area contributed by atoms with Crippen LogP contribution in [0.5, 0.6) is 5.75 Å². The fraction of sp³-hybridized carbons (Fsp3) is 0.415. The van der Waals surface area contributed by atoms with Gasteiger partial charge in [-0.3, -0.25) is 33.8 Å². The summed E-state index contributed by atoms with van der Waals surface area (Å²) in [6, 6.07) is 2.28. The number of anilines is 1. The molecule has 5 heterocycles. The van der Waals surface area contributed by atoms with E-state index in [1.165, 1.54) is 27.8 Å². The summed E-state index contributed by atoms with van der Waals surface area (Å²) in [5.74, 6) is -9.11. The molecule has 3 aliphatic rings. The zero-order valence-corrected chi connectivity index (χ0v) is 37.7. The Kier molecular flexibility index (Phi) is 15.5. The summed E-state index contributed by atoms with van der Waals surface area (Å²) in [4.78, 5) is 137. The molecule has 69 heavy (non-hydrogen) atoms. The van der Waals surface area contributed by atoms with Crippen molar-refractivity contribution in [1.29, 1.82) is 0 Å². The number of carboxylic acids is 2. The quantitative estimate of drug-likeness (QED) is 0.0834. The van der Waals surface area contributed by atoms with Gasteiger partial charge in [-0.25, -0.2) is 37.2 Å². The van der Waals surface area contributed by atoms with Gasteiger partial charge in [-0.15, -0.1) is 0 Å². The van der Waals surface area contributed by atoms with Crippen LogP contribution in [-0.2, 0) is 46.1 Å². The topological polar surface area (TPSA) is 335 Å². The summed E-state index contributed by atoms with van der Waals surface area (Å²) in [5.41, 5.74) is -3.05. The smallest absolute Gasteiger partial charge is 0.472 e. The zero-order valence-electron chi connectivity index (χ0n) is 36.8. The van der Waals surface area contributed by atoms with E-state index in [-0.39, 0.29) is 29.9 Å². The lowest BCUT2D eigenvalue weighted by molar-refractivity contribution is -0.143. The van der Waals surface area contributed by atoms with Crippen LogP contribution >= 0.6 is 7.82 Å². The third kappa shape index (κ3) is 11.9. The largest absolute Gasteiger partial charge is 0.481 e.